The van der Waals surface area contributed by atoms with Crippen LogP contribution in [-0.2, 0) is 11.3 Å². The zero-order valence-electron chi connectivity index (χ0n) is 9.45. The summed E-state index contributed by atoms with van der Waals surface area (Å²) in [6.07, 6.45) is 2.24. The molecule has 1 aromatic rings. The number of nitrogens with one attached hydrogen (secondary N) is 1. The Bertz CT molecular complexity index is 295. The van der Waals surface area contributed by atoms with Gasteiger partial charge in [0.05, 0.1) is 5.60 Å². The second-order valence-corrected chi connectivity index (χ2v) is 5.79. The molecule has 2 rings (SSSR count). The molecule has 0 bridgehead atoms. The molecule has 0 radical (unpaired) electrons. The molecular weight excluding hydrogens is 206 g/mol. The Morgan fingerprint density at radius 1 is 1.60 bits per heavy atom. The molecule has 1 atom stereocenters. The van der Waals surface area contributed by atoms with Gasteiger partial charge in [0.2, 0.25) is 0 Å². The summed E-state index contributed by atoms with van der Waals surface area (Å²) in [7, 11) is 0. The van der Waals surface area contributed by atoms with Gasteiger partial charge in [-0.1, -0.05) is 6.07 Å². The van der Waals surface area contributed by atoms with Crippen LogP contribution in [0.15, 0.2) is 17.5 Å². The van der Waals surface area contributed by atoms with E-state index in [-0.39, 0.29) is 5.60 Å². The highest BCUT2D eigenvalue weighted by Crippen LogP contribution is 2.24. The van der Waals surface area contributed by atoms with Gasteiger partial charge in [-0.05, 0) is 38.1 Å². The van der Waals surface area contributed by atoms with Crippen molar-refractivity contribution in [3.05, 3.63) is 22.4 Å². The molecule has 0 spiro atoms. The van der Waals surface area contributed by atoms with E-state index < -0.39 is 0 Å². The molecule has 84 valence electrons. The second-order valence-electron chi connectivity index (χ2n) is 4.76. The van der Waals surface area contributed by atoms with E-state index in [1.807, 2.05) is 11.3 Å². The number of rotatable bonds is 3. The summed E-state index contributed by atoms with van der Waals surface area (Å²) >= 11 is 1.82. The highest BCUT2D eigenvalue weighted by molar-refractivity contribution is 7.09. The molecule has 0 aliphatic carbocycles. The van der Waals surface area contributed by atoms with Crippen LogP contribution in [0.5, 0.6) is 0 Å². The first-order chi connectivity index (χ1) is 7.16. The van der Waals surface area contributed by atoms with Crippen LogP contribution >= 0.6 is 11.3 Å². The average molecular weight is 225 g/mol. The first-order valence-electron chi connectivity index (χ1n) is 5.55. The highest BCUT2D eigenvalue weighted by atomic mass is 32.1. The van der Waals surface area contributed by atoms with Crippen molar-refractivity contribution in [3.63, 3.8) is 0 Å². The summed E-state index contributed by atoms with van der Waals surface area (Å²) in [5, 5.41) is 5.74. The molecule has 2 nitrogen and oxygen atoms in total. The van der Waals surface area contributed by atoms with Gasteiger partial charge in [-0.25, -0.2) is 0 Å². The average Bonchev–Trinajstić information content (AvgIpc) is 2.65. The Balaban J connectivity index is 1.80. The standard InChI is InChI=1S/C12H19NOS/c1-12(2)8-10(5-6-14-12)13-9-11-4-3-7-15-11/h3-4,7,10,13H,5-6,8-9H2,1-2H3/t10-/m0/s1. The summed E-state index contributed by atoms with van der Waals surface area (Å²) in [5.41, 5.74) is 0.0470. The molecule has 3 heteroatoms. The van der Waals surface area contributed by atoms with Gasteiger partial charge >= 0.3 is 0 Å². The maximum absolute atomic E-state index is 5.70. The third-order valence-electron chi connectivity index (χ3n) is 2.84. The molecule has 0 amide bonds. The Kier molecular flexibility index (Phi) is 3.44. The number of hydrogen-bond donors (Lipinski definition) is 1. The topological polar surface area (TPSA) is 21.3 Å². The van der Waals surface area contributed by atoms with Gasteiger partial charge in [0.15, 0.2) is 0 Å². The summed E-state index contributed by atoms with van der Waals surface area (Å²) in [5.74, 6) is 0. The minimum Gasteiger partial charge on any atom is -0.375 e. The van der Waals surface area contributed by atoms with Crippen LogP contribution in [0.4, 0.5) is 0 Å². The van der Waals surface area contributed by atoms with E-state index in [9.17, 15) is 0 Å². The normalized spacial score (nSPS) is 25.3. The van der Waals surface area contributed by atoms with Gasteiger partial charge in [-0.3, -0.25) is 0 Å². The summed E-state index contributed by atoms with van der Waals surface area (Å²) < 4.78 is 5.70. The van der Waals surface area contributed by atoms with Crippen LogP contribution in [0.2, 0.25) is 0 Å². The molecule has 0 unspecified atom stereocenters. The lowest BCUT2D eigenvalue weighted by molar-refractivity contribution is -0.0630. The molecule has 1 aliphatic heterocycles. The van der Waals surface area contributed by atoms with Gasteiger partial charge in [-0.15, -0.1) is 11.3 Å². The Hall–Kier alpha value is -0.380. The van der Waals surface area contributed by atoms with E-state index in [4.69, 9.17) is 4.74 Å². The minimum absolute atomic E-state index is 0.0470. The fourth-order valence-corrected chi connectivity index (χ4v) is 2.72. The van der Waals surface area contributed by atoms with Crippen LogP contribution in [0.1, 0.15) is 31.6 Å². The lowest BCUT2D eigenvalue weighted by atomic mass is 9.94. The zero-order chi connectivity index (χ0) is 10.7. The van der Waals surface area contributed by atoms with Gasteiger partial charge < -0.3 is 10.1 Å². The van der Waals surface area contributed by atoms with Crippen LogP contribution in [0, 0.1) is 0 Å². The van der Waals surface area contributed by atoms with Crippen LogP contribution in [-0.4, -0.2) is 18.2 Å². The first-order valence-corrected chi connectivity index (χ1v) is 6.43. The number of ether oxygens (including phenoxy) is 1. The van der Waals surface area contributed by atoms with Crippen molar-refractivity contribution >= 4 is 11.3 Å². The predicted octanol–water partition coefficient (Wildman–Crippen LogP) is 2.80. The smallest absolute Gasteiger partial charge is 0.0641 e. The van der Waals surface area contributed by atoms with Crippen molar-refractivity contribution in [3.8, 4) is 0 Å². The fraction of sp³-hybridized carbons (Fsp3) is 0.667. The van der Waals surface area contributed by atoms with Gasteiger partial charge in [0.25, 0.3) is 0 Å². The molecule has 2 heterocycles. The van der Waals surface area contributed by atoms with E-state index in [1.54, 1.807) is 0 Å². The molecule has 1 N–H and O–H groups in total. The Labute approximate surface area is 95.6 Å². The number of hydrogen-bond acceptors (Lipinski definition) is 3. The van der Waals surface area contributed by atoms with Gasteiger partial charge in [0.1, 0.15) is 0 Å². The molecule has 15 heavy (non-hydrogen) atoms. The van der Waals surface area contributed by atoms with Gasteiger partial charge in [0, 0.05) is 24.1 Å². The lowest BCUT2D eigenvalue weighted by Gasteiger charge is -2.35. The largest absolute Gasteiger partial charge is 0.375 e. The van der Waals surface area contributed by atoms with E-state index in [2.05, 4.69) is 36.7 Å². The highest BCUT2D eigenvalue weighted by Gasteiger charge is 2.28. The monoisotopic (exact) mass is 225 g/mol. The quantitative estimate of drug-likeness (QED) is 0.854. The first kappa shape index (κ1) is 11.1. The van der Waals surface area contributed by atoms with Crippen molar-refractivity contribution < 1.29 is 4.74 Å². The molecule has 1 aromatic heterocycles. The van der Waals surface area contributed by atoms with E-state index in [0.29, 0.717) is 6.04 Å². The SMILES string of the molecule is CC1(C)C[C@@H](NCc2cccs2)CCO1. The molecule has 1 saturated heterocycles. The van der Waals surface area contributed by atoms with Crippen molar-refractivity contribution in [2.75, 3.05) is 6.61 Å². The van der Waals surface area contributed by atoms with Crippen LogP contribution in [0.3, 0.4) is 0 Å². The van der Waals surface area contributed by atoms with E-state index >= 15 is 0 Å². The molecule has 1 aliphatic rings. The van der Waals surface area contributed by atoms with E-state index in [0.717, 1.165) is 26.0 Å². The molecular formula is C12H19NOS. The molecule has 0 saturated carbocycles. The van der Waals surface area contributed by atoms with E-state index in [1.165, 1.54) is 4.88 Å². The Morgan fingerprint density at radius 2 is 2.47 bits per heavy atom. The van der Waals surface area contributed by atoms with Crippen LogP contribution < -0.4 is 5.32 Å². The summed E-state index contributed by atoms with van der Waals surface area (Å²) in [4.78, 5) is 1.42. The predicted molar refractivity (Wildman–Crippen MR) is 64.2 cm³/mol. The summed E-state index contributed by atoms with van der Waals surface area (Å²) in [6, 6.07) is 4.90. The van der Waals surface area contributed by atoms with Crippen molar-refractivity contribution in [2.45, 2.75) is 44.9 Å². The van der Waals surface area contributed by atoms with Crippen LogP contribution in [0.25, 0.3) is 0 Å². The Morgan fingerprint density at radius 3 is 3.13 bits per heavy atom. The molecule has 1 fully saturated rings. The van der Waals surface area contributed by atoms with Crippen molar-refractivity contribution in [1.82, 2.24) is 5.32 Å². The van der Waals surface area contributed by atoms with Crippen molar-refractivity contribution in [1.29, 1.82) is 0 Å². The fourth-order valence-electron chi connectivity index (χ4n) is 2.06. The third kappa shape index (κ3) is 3.30. The molecule has 0 aromatic carbocycles. The lowest BCUT2D eigenvalue weighted by Crippen LogP contribution is -2.43. The maximum Gasteiger partial charge on any atom is 0.0641 e. The number of thiophene rings is 1. The summed E-state index contributed by atoms with van der Waals surface area (Å²) in [6.45, 7) is 6.23. The second kappa shape index (κ2) is 4.64. The maximum atomic E-state index is 5.70. The van der Waals surface area contributed by atoms with Gasteiger partial charge in [-0.2, -0.15) is 0 Å². The third-order valence-corrected chi connectivity index (χ3v) is 3.72. The zero-order valence-corrected chi connectivity index (χ0v) is 10.3. The van der Waals surface area contributed by atoms with Crippen molar-refractivity contribution in [2.24, 2.45) is 0 Å². The minimum atomic E-state index is 0.0470.